The molecule has 0 fully saturated rings. The summed E-state index contributed by atoms with van der Waals surface area (Å²) in [5.41, 5.74) is 2.05. The van der Waals surface area contributed by atoms with Gasteiger partial charge in [-0.05, 0) is 48.9 Å². The van der Waals surface area contributed by atoms with Crippen LogP contribution in [0.25, 0.3) is 10.9 Å². The van der Waals surface area contributed by atoms with E-state index in [-0.39, 0.29) is 22.4 Å². The minimum Gasteiger partial charge on any atom is -0.505 e. The lowest BCUT2D eigenvalue weighted by molar-refractivity contribution is 0.481. The van der Waals surface area contributed by atoms with Gasteiger partial charge in [-0.15, -0.1) is 5.11 Å². The summed E-state index contributed by atoms with van der Waals surface area (Å²) >= 11 is 0. The Labute approximate surface area is 178 Å². The zero-order valence-corrected chi connectivity index (χ0v) is 16.9. The largest absolute Gasteiger partial charge is 0.505 e. The number of pyridine rings is 1. The van der Waals surface area contributed by atoms with Crippen molar-refractivity contribution in [3.05, 3.63) is 78.7 Å². The maximum atomic E-state index is 11.1. The molecule has 0 bridgehead atoms. The van der Waals surface area contributed by atoms with E-state index in [1.807, 2.05) is 24.3 Å². The lowest BCUT2D eigenvalue weighted by atomic mass is 10.1. The first-order valence-corrected chi connectivity index (χ1v) is 10.7. The summed E-state index contributed by atoms with van der Waals surface area (Å²) < 4.78 is 31.1. The fourth-order valence-electron chi connectivity index (χ4n) is 2.88. The second-order valence-corrected chi connectivity index (χ2v) is 8.11. The highest BCUT2D eigenvalue weighted by molar-refractivity contribution is 7.85. The smallest absolute Gasteiger partial charge is 0.294 e. The van der Waals surface area contributed by atoms with Gasteiger partial charge >= 0.3 is 0 Å². The Morgan fingerprint density at radius 1 is 1.00 bits per heavy atom. The summed E-state index contributed by atoms with van der Waals surface area (Å²) in [6.45, 7) is 0. The molecule has 0 spiro atoms. The molecule has 1 aliphatic carbocycles. The Kier molecular flexibility index (Phi) is 5.65. The molecule has 0 saturated carbocycles. The summed E-state index contributed by atoms with van der Waals surface area (Å²) in [6, 6.07) is 12.5. The molecule has 0 saturated heterocycles. The van der Waals surface area contributed by atoms with Crippen molar-refractivity contribution in [3.8, 4) is 5.75 Å². The Morgan fingerprint density at radius 3 is 2.48 bits per heavy atom. The third kappa shape index (κ3) is 4.87. The van der Waals surface area contributed by atoms with Crippen molar-refractivity contribution in [2.24, 2.45) is 20.5 Å². The van der Waals surface area contributed by atoms with Gasteiger partial charge in [-0.25, -0.2) is 0 Å². The Balaban J connectivity index is 1.40. The molecule has 0 amide bonds. The molecule has 2 aromatic carbocycles. The third-order valence-electron chi connectivity index (χ3n) is 4.51. The lowest BCUT2D eigenvalue weighted by Crippen LogP contribution is -2.01. The first-order valence-electron chi connectivity index (χ1n) is 9.25. The van der Waals surface area contributed by atoms with E-state index >= 15 is 0 Å². The SMILES string of the molecule is O=S(=O)(O)c1ccc(/N=N/C2C=CC(/N=N/c3cnc4ccccc4c3O)=CC2)cc1. The van der Waals surface area contributed by atoms with Crippen LogP contribution < -0.4 is 0 Å². The molecule has 156 valence electrons. The first-order chi connectivity index (χ1) is 14.9. The van der Waals surface area contributed by atoms with Crippen LogP contribution >= 0.6 is 0 Å². The van der Waals surface area contributed by atoms with Crippen molar-refractivity contribution < 1.29 is 18.1 Å². The van der Waals surface area contributed by atoms with E-state index in [0.717, 1.165) is 0 Å². The van der Waals surface area contributed by atoms with Crippen molar-refractivity contribution in [2.75, 3.05) is 0 Å². The van der Waals surface area contributed by atoms with Crippen LogP contribution in [0.3, 0.4) is 0 Å². The van der Waals surface area contributed by atoms with Gasteiger partial charge in [-0.2, -0.15) is 23.8 Å². The molecule has 0 aliphatic heterocycles. The van der Waals surface area contributed by atoms with Gasteiger partial charge in [0.25, 0.3) is 10.1 Å². The van der Waals surface area contributed by atoms with Crippen LogP contribution in [0.1, 0.15) is 6.42 Å². The van der Waals surface area contributed by atoms with Gasteiger partial charge in [0.15, 0.2) is 5.75 Å². The number of allylic oxidation sites excluding steroid dienone is 1. The zero-order valence-electron chi connectivity index (χ0n) is 16.1. The van der Waals surface area contributed by atoms with Crippen molar-refractivity contribution in [3.63, 3.8) is 0 Å². The summed E-state index contributed by atoms with van der Waals surface area (Å²) in [7, 11) is -4.23. The van der Waals surface area contributed by atoms with Gasteiger partial charge in [0.05, 0.1) is 34.0 Å². The van der Waals surface area contributed by atoms with Crippen LogP contribution in [0.2, 0.25) is 0 Å². The highest BCUT2D eigenvalue weighted by Gasteiger charge is 2.10. The molecular weight excluding hydrogens is 418 g/mol. The van der Waals surface area contributed by atoms with Crippen molar-refractivity contribution >= 4 is 32.4 Å². The average Bonchev–Trinajstić information content (AvgIpc) is 2.78. The maximum Gasteiger partial charge on any atom is 0.294 e. The van der Waals surface area contributed by atoms with Crippen LogP contribution in [0.15, 0.2) is 104 Å². The molecule has 1 aliphatic rings. The lowest BCUT2D eigenvalue weighted by Gasteiger charge is -2.08. The molecular formula is C21H17N5O4S. The molecule has 1 unspecified atom stereocenters. The number of azo groups is 2. The average molecular weight is 435 g/mol. The Bertz CT molecular complexity index is 1350. The number of fused-ring (bicyclic) bond motifs is 1. The van der Waals surface area contributed by atoms with Gasteiger partial charge in [-0.1, -0.05) is 24.3 Å². The van der Waals surface area contributed by atoms with Gasteiger partial charge < -0.3 is 5.11 Å². The molecule has 3 aromatic rings. The normalized spacial score (nSPS) is 16.9. The topological polar surface area (TPSA) is 137 Å². The number of rotatable bonds is 5. The highest BCUT2D eigenvalue weighted by Crippen LogP contribution is 2.33. The first kappa shape index (κ1) is 20.5. The van der Waals surface area contributed by atoms with E-state index in [4.69, 9.17) is 4.55 Å². The molecule has 1 aromatic heterocycles. The number of aromatic hydroxyl groups is 1. The van der Waals surface area contributed by atoms with Crippen LogP contribution in [-0.4, -0.2) is 29.1 Å². The standard InChI is InChI=1S/C21H17N5O4S/c27-21-18-3-1-2-4-19(18)22-13-20(21)26-25-15-7-5-14(6-8-15)23-24-16-9-11-17(12-10-16)31(28,29)30/h1-5,7-14H,6H2,(H,22,27)(H,28,29,30)/b24-23+,26-25+. The number of nitrogens with zero attached hydrogens (tertiary/aromatic N) is 5. The predicted molar refractivity (Wildman–Crippen MR) is 114 cm³/mol. The number of aromatic nitrogens is 1. The van der Waals surface area contributed by atoms with E-state index in [1.54, 1.807) is 18.2 Å². The van der Waals surface area contributed by atoms with Crippen LogP contribution in [0, 0.1) is 0 Å². The second-order valence-electron chi connectivity index (χ2n) is 6.68. The summed E-state index contributed by atoms with van der Waals surface area (Å²) in [4.78, 5) is 4.06. The van der Waals surface area contributed by atoms with Gasteiger partial charge in [-0.3, -0.25) is 9.54 Å². The minimum atomic E-state index is -4.23. The number of benzene rings is 2. The highest BCUT2D eigenvalue weighted by atomic mass is 32.2. The van der Waals surface area contributed by atoms with Crippen LogP contribution in [0.5, 0.6) is 5.75 Å². The quantitative estimate of drug-likeness (QED) is 0.415. The molecule has 0 radical (unpaired) electrons. The van der Waals surface area contributed by atoms with Crippen LogP contribution in [-0.2, 0) is 10.1 Å². The Hall–Kier alpha value is -3.76. The van der Waals surface area contributed by atoms with Gasteiger partial charge in [0.2, 0.25) is 0 Å². The summed E-state index contributed by atoms with van der Waals surface area (Å²) in [6.07, 6.45) is 7.45. The van der Waals surface area contributed by atoms with Crippen molar-refractivity contribution in [2.45, 2.75) is 17.4 Å². The monoisotopic (exact) mass is 435 g/mol. The number of para-hydroxylation sites is 1. The summed E-state index contributed by atoms with van der Waals surface area (Å²) in [5.74, 6) is 0.0291. The Morgan fingerprint density at radius 2 is 1.77 bits per heavy atom. The predicted octanol–water partition coefficient (Wildman–Crippen LogP) is 5.27. The second kappa shape index (κ2) is 8.54. The fourth-order valence-corrected chi connectivity index (χ4v) is 3.36. The number of hydrogen-bond acceptors (Lipinski definition) is 8. The molecule has 1 atom stereocenters. The number of hydrogen-bond donors (Lipinski definition) is 2. The van der Waals surface area contributed by atoms with E-state index in [2.05, 4.69) is 25.4 Å². The molecule has 4 rings (SSSR count). The summed E-state index contributed by atoms with van der Waals surface area (Å²) in [5, 5.41) is 27.5. The van der Waals surface area contributed by atoms with Crippen LogP contribution in [0.4, 0.5) is 11.4 Å². The molecule has 2 N–H and O–H groups in total. The van der Waals surface area contributed by atoms with E-state index < -0.39 is 10.1 Å². The van der Waals surface area contributed by atoms with E-state index in [0.29, 0.717) is 28.7 Å². The molecule has 10 heteroatoms. The van der Waals surface area contributed by atoms with Gasteiger partial charge in [0.1, 0.15) is 5.69 Å². The fraction of sp³-hybridized carbons (Fsp3) is 0.0952. The molecule has 1 heterocycles. The minimum absolute atomic E-state index is 0.0291. The molecule has 9 nitrogen and oxygen atoms in total. The van der Waals surface area contributed by atoms with Crippen molar-refractivity contribution in [1.82, 2.24) is 4.98 Å². The van der Waals surface area contributed by atoms with E-state index in [1.165, 1.54) is 30.5 Å². The zero-order chi connectivity index (χ0) is 21.8. The van der Waals surface area contributed by atoms with Gasteiger partial charge in [0, 0.05) is 5.39 Å². The van der Waals surface area contributed by atoms with E-state index in [9.17, 15) is 13.5 Å². The van der Waals surface area contributed by atoms with Crippen molar-refractivity contribution in [1.29, 1.82) is 0 Å². The molecule has 31 heavy (non-hydrogen) atoms. The third-order valence-corrected chi connectivity index (χ3v) is 5.38. The maximum absolute atomic E-state index is 11.1.